The molecule has 0 bridgehead atoms. The number of amides is 1. The first kappa shape index (κ1) is 16.8. The van der Waals surface area contributed by atoms with E-state index in [2.05, 4.69) is 28.8 Å². The lowest BCUT2D eigenvalue weighted by atomic mass is 10.1. The van der Waals surface area contributed by atoms with Gasteiger partial charge in [-0.05, 0) is 29.1 Å². The van der Waals surface area contributed by atoms with E-state index >= 15 is 0 Å². The molecule has 0 radical (unpaired) electrons. The lowest BCUT2D eigenvalue weighted by molar-refractivity contribution is 0.0936. The zero-order valence-electron chi connectivity index (χ0n) is 15.0. The number of thiophene rings is 1. The van der Waals surface area contributed by atoms with Gasteiger partial charge in [0.2, 0.25) is 0 Å². The predicted molar refractivity (Wildman–Crippen MR) is 111 cm³/mol. The third-order valence-corrected chi connectivity index (χ3v) is 5.67. The maximum absolute atomic E-state index is 12.6. The topological polar surface area (TPSA) is 59.0 Å². The van der Waals surface area contributed by atoms with Crippen LogP contribution in [0, 0.1) is 0 Å². The molecule has 0 saturated carbocycles. The van der Waals surface area contributed by atoms with Crippen molar-refractivity contribution in [3.63, 3.8) is 0 Å². The summed E-state index contributed by atoms with van der Waals surface area (Å²) in [4.78, 5) is 13.7. The van der Waals surface area contributed by atoms with Crippen LogP contribution in [0.5, 0.6) is 0 Å². The second kappa shape index (κ2) is 6.98. The molecule has 0 saturated heterocycles. The van der Waals surface area contributed by atoms with E-state index in [1.807, 2.05) is 64.8 Å². The van der Waals surface area contributed by atoms with Gasteiger partial charge in [-0.15, -0.1) is 11.3 Å². The van der Waals surface area contributed by atoms with Gasteiger partial charge < -0.3 is 10.6 Å². The van der Waals surface area contributed by atoms with Gasteiger partial charge in [-0.1, -0.05) is 48.5 Å². The number of carbonyl (C=O) groups is 1. The highest BCUT2D eigenvalue weighted by atomic mass is 32.1. The molecule has 1 amide bonds. The maximum atomic E-state index is 12.6. The van der Waals surface area contributed by atoms with Crippen molar-refractivity contribution in [3.8, 4) is 10.6 Å². The molecule has 1 aliphatic rings. The SMILES string of the molecule is O=C1NC(c2cn(Cc3ccccc3)nc2-c2cccs2)Nc2ccccc21. The molecule has 0 fully saturated rings. The van der Waals surface area contributed by atoms with Gasteiger partial charge in [0.15, 0.2) is 0 Å². The summed E-state index contributed by atoms with van der Waals surface area (Å²) in [7, 11) is 0. The van der Waals surface area contributed by atoms with Gasteiger partial charge >= 0.3 is 0 Å². The van der Waals surface area contributed by atoms with E-state index in [9.17, 15) is 4.79 Å². The third-order valence-electron chi connectivity index (χ3n) is 4.79. The van der Waals surface area contributed by atoms with E-state index in [-0.39, 0.29) is 12.1 Å². The number of nitrogens with zero attached hydrogens (tertiary/aromatic N) is 2. The molecule has 0 aliphatic carbocycles. The van der Waals surface area contributed by atoms with Crippen LogP contribution < -0.4 is 10.6 Å². The first-order valence-corrected chi connectivity index (χ1v) is 9.97. The molecule has 3 heterocycles. The minimum Gasteiger partial charge on any atom is -0.361 e. The fourth-order valence-corrected chi connectivity index (χ4v) is 4.20. The Morgan fingerprint density at radius 1 is 0.964 bits per heavy atom. The number of nitrogens with one attached hydrogen (secondary N) is 2. The quantitative estimate of drug-likeness (QED) is 0.542. The summed E-state index contributed by atoms with van der Waals surface area (Å²) in [6, 6.07) is 21.9. The first-order chi connectivity index (χ1) is 13.8. The van der Waals surface area contributed by atoms with Crippen LogP contribution in [0.2, 0.25) is 0 Å². The van der Waals surface area contributed by atoms with Gasteiger partial charge in [0.25, 0.3) is 5.91 Å². The van der Waals surface area contributed by atoms with Crippen molar-refractivity contribution in [2.24, 2.45) is 0 Å². The summed E-state index contributed by atoms with van der Waals surface area (Å²) in [5, 5.41) is 13.4. The van der Waals surface area contributed by atoms with Crippen molar-refractivity contribution in [1.82, 2.24) is 15.1 Å². The molecule has 0 spiro atoms. The van der Waals surface area contributed by atoms with E-state index in [0.717, 1.165) is 21.8 Å². The Balaban J connectivity index is 1.54. The highest BCUT2D eigenvalue weighted by Gasteiger charge is 2.28. The Labute approximate surface area is 166 Å². The highest BCUT2D eigenvalue weighted by molar-refractivity contribution is 7.13. The van der Waals surface area contributed by atoms with Crippen molar-refractivity contribution >= 4 is 22.9 Å². The standard InChI is InChI=1S/C22H18N4OS/c27-22-16-9-4-5-10-18(16)23-21(24-22)17-14-26(13-15-7-2-1-3-8-15)25-20(17)19-11-6-12-28-19/h1-12,14,21,23H,13H2,(H,24,27). The number of hydrogen-bond acceptors (Lipinski definition) is 4. The lowest BCUT2D eigenvalue weighted by Gasteiger charge is -2.27. The summed E-state index contributed by atoms with van der Waals surface area (Å²) < 4.78 is 1.94. The number of aromatic nitrogens is 2. The van der Waals surface area contributed by atoms with Gasteiger partial charge in [0.05, 0.1) is 17.0 Å². The minimum atomic E-state index is -0.330. The summed E-state index contributed by atoms with van der Waals surface area (Å²) >= 11 is 1.64. The Kier molecular flexibility index (Phi) is 4.18. The van der Waals surface area contributed by atoms with Crippen LogP contribution in [0.25, 0.3) is 10.6 Å². The minimum absolute atomic E-state index is 0.0766. The molecular formula is C22H18N4OS. The zero-order chi connectivity index (χ0) is 18.9. The van der Waals surface area contributed by atoms with Gasteiger partial charge in [0, 0.05) is 17.4 Å². The number of benzene rings is 2. The largest absolute Gasteiger partial charge is 0.361 e. The average molecular weight is 386 g/mol. The molecule has 2 aromatic carbocycles. The summed E-state index contributed by atoms with van der Waals surface area (Å²) in [6.45, 7) is 0.677. The van der Waals surface area contributed by atoms with E-state index in [4.69, 9.17) is 5.10 Å². The van der Waals surface area contributed by atoms with Gasteiger partial charge in [0.1, 0.15) is 11.9 Å². The molecule has 4 aromatic rings. The van der Waals surface area contributed by atoms with Gasteiger partial charge in [-0.2, -0.15) is 5.10 Å². The van der Waals surface area contributed by atoms with E-state index in [1.54, 1.807) is 11.3 Å². The Morgan fingerprint density at radius 2 is 1.79 bits per heavy atom. The van der Waals surface area contributed by atoms with E-state index in [1.165, 1.54) is 5.56 Å². The fraction of sp³-hybridized carbons (Fsp3) is 0.0909. The molecular weight excluding hydrogens is 368 g/mol. The second-order valence-corrected chi connectivity index (χ2v) is 7.64. The zero-order valence-corrected chi connectivity index (χ0v) is 15.8. The number of fused-ring (bicyclic) bond motifs is 1. The number of para-hydroxylation sites is 1. The molecule has 2 aromatic heterocycles. The van der Waals surface area contributed by atoms with Crippen LogP contribution in [-0.4, -0.2) is 15.7 Å². The summed E-state index contributed by atoms with van der Waals surface area (Å²) in [5.74, 6) is -0.0766. The van der Waals surface area contributed by atoms with Crippen LogP contribution in [0.1, 0.15) is 27.7 Å². The normalized spacial score (nSPS) is 15.6. The van der Waals surface area contributed by atoms with Crippen molar-refractivity contribution in [3.05, 3.63) is 95.0 Å². The highest BCUT2D eigenvalue weighted by Crippen LogP contribution is 2.34. The molecule has 5 nitrogen and oxygen atoms in total. The van der Waals surface area contributed by atoms with Crippen molar-refractivity contribution in [2.45, 2.75) is 12.7 Å². The van der Waals surface area contributed by atoms with E-state index in [0.29, 0.717) is 12.1 Å². The average Bonchev–Trinajstić information content (AvgIpc) is 3.38. The molecule has 1 atom stereocenters. The van der Waals surface area contributed by atoms with Crippen molar-refractivity contribution < 1.29 is 4.79 Å². The fourth-order valence-electron chi connectivity index (χ4n) is 3.47. The predicted octanol–water partition coefficient (Wildman–Crippen LogP) is 4.51. The lowest BCUT2D eigenvalue weighted by Crippen LogP contribution is -2.38. The van der Waals surface area contributed by atoms with Gasteiger partial charge in [-0.3, -0.25) is 9.48 Å². The number of carbonyl (C=O) groups excluding carboxylic acids is 1. The molecule has 1 aliphatic heterocycles. The third kappa shape index (κ3) is 3.08. The Bertz CT molecular complexity index is 1120. The Morgan fingerprint density at radius 3 is 2.61 bits per heavy atom. The van der Waals surface area contributed by atoms with Crippen LogP contribution in [0.15, 0.2) is 78.3 Å². The summed E-state index contributed by atoms with van der Waals surface area (Å²) in [5.41, 5.74) is 4.53. The molecule has 5 rings (SSSR count). The number of rotatable bonds is 4. The number of hydrogen-bond donors (Lipinski definition) is 2. The maximum Gasteiger partial charge on any atom is 0.255 e. The first-order valence-electron chi connectivity index (χ1n) is 9.09. The van der Waals surface area contributed by atoms with Crippen LogP contribution in [0.4, 0.5) is 5.69 Å². The molecule has 138 valence electrons. The molecule has 28 heavy (non-hydrogen) atoms. The van der Waals surface area contributed by atoms with Crippen LogP contribution >= 0.6 is 11.3 Å². The smallest absolute Gasteiger partial charge is 0.255 e. The molecule has 6 heteroatoms. The number of anilines is 1. The van der Waals surface area contributed by atoms with Crippen molar-refractivity contribution in [2.75, 3.05) is 5.32 Å². The monoisotopic (exact) mass is 386 g/mol. The van der Waals surface area contributed by atoms with Crippen LogP contribution in [-0.2, 0) is 6.54 Å². The molecule has 1 unspecified atom stereocenters. The van der Waals surface area contributed by atoms with Crippen molar-refractivity contribution in [1.29, 1.82) is 0 Å². The van der Waals surface area contributed by atoms with E-state index < -0.39 is 0 Å². The van der Waals surface area contributed by atoms with Gasteiger partial charge in [-0.25, -0.2) is 0 Å². The van der Waals surface area contributed by atoms with Crippen LogP contribution in [0.3, 0.4) is 0 Å². The summed E-state index contributed by atoms with van der Waals surface area (Å²) in [6.07, 6.45) is 1.69. The Hall–Kier alpha value is -3.38. The second-order valence-electron chi connectivity index (χ2n) is 6.69. The molecule has 2 N–H and O–H groups in total.